The summed E-state index contributed by atoms with van der Waals surface area (Å²) in [6.45, 7) is 4.16. The van der Waals surface area contributed by atoms with Crippen molar-refractivity contribution in [1.29, 1.82) is 0 Å². The van der Waals surface area contributed by atoms with E-state index >= 15 is 0 Å². The van der Waals surface area contributed by atoms with Crippen LogP contribution in [0.5, 0.6) is 11.5 Å². The second-order valence-electron chi connectivity index (χ2n) is 7.77. The molecular weight excluding hydrogens is 351 g/mol. The summed E-state index contributed by atoms with van der Waals surface area (Å²) < 4.78 is 19.8. The van der Waals surface area contributed by atoms with Gasteiger partial charge in [0.2, 0.25) is 0 Å². The van der Waals surface area contributed by atoms with Crippen LogP contribution in [0.3, 0.4) is 0 Å². The van der Waals surface area contributed by atoms with Crippen LogP contribution < -0.4 is 15.4 Å². The third-order valence-electron chi connectivity index (χ3n) is 5.00. The number of hydrogen-bond donors (Lipinski definition) is 3. The van der Waals surface area contributed by atoms with Crippen LogP contribution in [0.1, 0.15) is 43.7 Å². The summed E-state index contributed by atoms with van der Waals surface area (Å²) in [5.74, 6) is 0.515. The van der Waals surface area contributed by atoms with Gasteiger partial charge >= 0.3 is 0 Å². The Morgan fingerprint density at radius 3 is 2.58 bits per heavy atom. The maximum atomic E-state index is 13.4. The number of hydrogen-bond acceptors (Lipinski definition) is 3. The fourth-order valence-corrected chi connectivity index (χ4v) is 4.58. The molecule has 0 aromatic heterocycles. The van der Waals surface area contributed by atoms with Crippen molar-refractivity contribution in [3.05, 3.63) is 59.4 Å². The molecule has 1 fully saturated rings. The van der Waals surface area contributed by atoms with E-state index in [9.17, 15) is 9.50 Å². The highest BCUT2D eigenvalue weighted by atomic mass is 32.1. The minimum absolute atomic E-state index is 0.00384. The molecule has 0 unspecified atom stereocenters. The Bertz CT molecular complexity index is 869. The Morgan fingerprint density at radius 1 is 1.15 bits per heavy atom. The summed E-state index contributed by atoms with van der Waals surface area (Å²) in [6.07, 6.45) is 1.34. The maximum absolute atomic E-state index is 13.4. The molecule has 0 saturated carbocycles. The van der Waals surface area contributed by atoms with Gasteiger partial charge in [-0.05, 0) is 49.8 Å². The van der Waals surface area contributed by atoms with E-state index < -0.39 is 5.72 Å². The molecule has 2 aromatic carbocycles. The number of phenolic OH excluding ortho intramolecular Hbond substituents is 1. The van der Waals surface area contributed by atoms with Crippen LogP contribution in [-0.4, -0.2) is 21.5 Å². The second-order valence-corrected chi connectivity index (χ2v) is 8.17. The number of rotatable bonds is 1. The van der Waals surface area contributed by atoms with Gasteiger partial charge in [0.05, 0.1) is 0 Å². The average Bonchev–Trinajstić information content (AvgIpc) is 2.52. The minimum Gasteiger partial charge on any atom is -0.508 e. The van der Waals surface area contributed by atoms with E-state index in [1.54, 1.807) is 24.3 Å². The van der Waals surface area contributed by atoms with Crippen LogP contribution in [0.25, 0.3) is 0 Å². The summed E-state index contributed by atoms with van der Waals surface area (Å²) in [7, 11) is 0. The monoisotopic (exact) mass is 372 g/mol. The molecule has 2 heterocycles. The molecule has 4 nitrogen and oxygen atoms in total. The molecule has 0 bridgehead atoms. The molecule has 0 radical (unpaired) electrons. The van der Waals surface area contributed by atoms with Crippen molar-refractivity contribution in [1.82, 2.24) is 10.6 Å². The van der Waals surface area contributed by atoms with Gasteiger partial charge in [-0.3, -0.25) is 0 Å². The number of halogens is 1. The number of thiocarbonyl (C=S) groups is 1. The van der Waals surface area contributed by atoms with Crippen LogP contribution in [0.2, 0.25) is 0 Å². The summed E-state index contributed by atoms with van der Waals surface area (Å²) in [6, 6.07) is 11.7. The first-order chi connectivity index (χ1) is 12.3. The van der Waals surface area contributed by atoms with Crippen LogP contribution >= 0.6 is 12.2 Å². The molecule has 4 rings (SSSR count). The van der Waals surface area contributed by atoms with E-state index in [4.69, 9.17) is 17.0 Å². The highest BCUT2D eigenvalue weighted by molar-refractivity contribution is 7.80. The number of aromatic hydroxyl groups is 1. The number of phenols is 1. The van der Waals surface area contributed by atoms with Crippen LogP contribution in [-0.2, 0) is 0 Å². The highest BCUT2D eigenvalue weighted by Crippen LogP contribution is 2.47. The lowest BCUT2D eigenvalue weighted by Crippen LogP contribution is -2.69. The Morgan fingerprint density at radius 2 is 1.88 bits per heavy atom. The van der Waals surface area contributed by atoms with Gasteiger partial charge in [0, 0.05) is 35.9 Å². The van der Waals surface area contributed by atoms with Gasteiger partial charge in [0.1, 0.15) is 17.3 Å². The minimum atomic E-state index is -0.689. The fourth-order valence-electron chi connectivity index (χ4n) is 4.12. The SMILES string of the molecule is CC1(C)C[C@]2(C[C@H](c3ccc(F)cc3)c3ccc(O)cc3O2)NC(=S)N1. The zero-order valence-electron chi connectivity index (χ0n) is 14.7. The molecule has 2 aliphatic rings. The average molecular weight is 372 g/mol. The first-order valence-electron chi connectivity index (χ1n) is 8.63. The molecule has 1 saturated heterocycles. The Kier molecular flexibility index (Phi) is 3.84. The lowest BCUT2D eigenvalue weighted by atomic mass is 9.77. The van der Waals surface area contributed by atoms with Gasteiger partial charge < -0.3 is 20.5 Å². The van der Waals surface area contributed by atoms with Crippen LogP contribution in [0.4, 0.5) is 4.39 Å². The predicted molar refractivity (Wildman–Crippen MR) is 102 cm³/mol. The zero-order valence-corrected chi connectivity index (χ0v) is 15.5. The summed E-state index contributed by atoms with van der Waals surface area (Å²) >= 11 is 5.40. The molecule has 2 aromatic rings. The third kappa shape index (κ3) is 3.09. The normalized spacial score (nSPS) is 26.4. The largest absolute Gasteiger partial charge is 0.508 e. The topological polar surface area (TPSA) is 53.5 Å². The number of ether oxygens (including phenoxy) is 1. The van der Waals surface area contributed by atoms with Crippen molar-refractivity contribution < 1.29 is 14.2 Å². The molecule has 3 N–H and O–H groups in total. The Hall–Kier alpha value is -2.34. The van der Waals surface area contributed by atoms with E-state index in [-0.39, 0.29) is 23.0 Å². The molecule has 136 valence electrons. The van der Waals surface area contributed by atoms with Gasteiger partial charge in [0.25, 0.3) is 0 Å². The number of fused-ring (bicyclic) bond motifs is 1. The lowest BCUT2D eigenvalue weighted by Gasteiger charge is -2.50. The van der Waals surface area contributed by atoms with Gasteiger partial charge in [-0.25, -0.2) is 4.39 Å². The summed E-state index contributed by atoms with van der Waals surface area (Å²) in [5, 5.41) is 17.0. The highest BCUT2D eigenvalue weighted by Gasteiger charge is 2.48. The summed E-state index contributed by atoms with van der Waals surface area (Å²) in [4.78, 5) is 0. The van der Waals surface area contributed by atoms with Gasteiger partial charge in [-0.1, -0.05) is 18.2 Å². The molecule has 2 aliphatic heterocycles. The molecule has 0 amide bonds. The van der Waals surface area contributed by atoms with E-state index in [2.05, 4.69) is 24.5 Å². The number of benzene rings is 2. The van der Waals surface area contributed by atoms with Crippen molar-refractivity contribution in [2.24, 2.45) is 0 Å². The Labute approximate surface area is 157 Å². The van der Waals surface area contributed by atoms with E-state index in [0.29, 0.717) is 23.7 Å². The van der Waals surface area contributed by atoms with Crippen molar-refractivity contribution in [2.45, 2.75) is 43.9 Å². The lowest BCUT2D eigenvalue weighted by molar-refractivity contribution is -0.0128. The predicted octanol–water partition coefficient (Wildman–Crippen LogP) is 3.79. The van der Waals surface area contributed by atoms with Crippen LogP contribution in [0.15, 0.2) is 42.5 Å². The van der Waals surface area contributed by atoms with Gasteiger partial charge in [0.15, 0.2) is 10.8 Å². The van der Waals surface area contributed by atoms with Crippen molar-refractivity contribution in [3.8, 4) is 11.5 Å². The van der Waals surface area contributed by atoms with Gasteiger partial charge in [-0.2, -0.15) is 0 Å². The molecule has 6 heteroatoms. The molecule has 2 atom stereocenters. The van der Waals surface area contributed by atoms with Crippen LogP contribution in [0, 0.1) is 5.82 Å². The fraction of sp³-hybridized carbons (Fsp3) is 0.350. The quantitative estimate of drug-likeness (QED) is 0.665. The van der Waals surface area contributed by atoms with Crippen molar-refractivity contribution in [3.63, 3.8) is 0 Å². The van der Waals surface area contributed by atoms with E-state index in [1.807, 2.05) is 6.07 Å². The van der Waals surface area contributed by atoms with Crippen molar-refractivity contribution >= 4 is 17.3 Å². The first kappa shape index (κ1) is 17.1. The van der Waals surface area contributed by atoms with Crippen molar-refractivity contribution in [2.75, 3.05) is 0 Å². The zero-order chi connectivity index (χ0) is 18.5. The summed E-state index contributed by atoms with van der Waals surface area (Å²) in [5.41, 5.74) is 1.06. The van der Waals surface area contributed by atoms with E-state index in [1.165, 1.54) is 12.1 Å². The molecule has 0 aliphatic carbocycles. The standard InChI is InChI=1S/C20H21FN2O2S/c1-19(2)11-20(23-18(26)22-19)10-16(12-3-5-13(21)6-4-12)15-8-7-14(24)9-17(15)25-20/h3-9,16,24H,10-11H2,1-2H3,(H2,22,23,26)/t16-,20-/m1/s1. The smallest absolute Gasteiger partial charge is 0.185 e. The maximum Gasteiger partial charge on any atom is 0.185 e. The first-order valence-corrected chi connectivity index (χ1v) is 9.04. The van der Waals surface area contributed by atoms with Gasteiger partial charge in [-0.15, -0.1) is 0 Å². The Balaban J connectivity index is 1.81. The van der Waals surface area contributed by atoms with E-state index in [0.717, 1.165) is 11.1 Å². The molecule has 1 spiro atoms. The second kappa shape index (κ2) is 5.84. The molecular formula is C20H21FN2O2S. The third-order valence-corrected chi connectivity index (χ3v) is 5.21. The number of nitrogens with one attached hydrogen (secondary N) is 2. The molecule has 26 heavy (non-hydrogen) atoms.